The molecule has 1 aliphatic heterocycles. The molecule has 0 unspecified atom stereocenters. The Hall–Kier alpha value is -1.77. The van der Waals surface area contributed by atoms with E-state index in [1.165, 1.54) is 7.22 Å². The summed E-state index contributed by atoms with van der Waals surface area (Å²) in [6, 6.07) is 7.74. The van der Waals surface area contributed by atoms with E-state index >= 15 is 0 Å². The minimum absolute atomic E-state index is 0.608. The van der Waals surface area contributed by atoms with Crippen LogP contribution in [0.5, 0.6) is 34.5 Å². The van der Waals surface area contributed by atoms with Gasteiger partial charge in [-0.3, -0.25) is 0 Å². The first-order valence-corrected chi connectivity index (χ1v) is 8.91. The fraction of sp³-hybridized carbons (Fsp3) is 0.250. The predicted octanol–water partition coefficient (Wildman–Crippen LogP) is 1.48. The third kappa shape index (κ3) is 2.53. The molecule has 0 atom stereocenters. The van der Waals surface area contributed by atoms with Crippen molar-refractivity contribution >= 4 is 28.1 Å². The summed E-state index contributed by atoms with van der Waals surface area (Å²) < 4.78 is 29.8. The molecule has 0 N–H and O–H groups in total. The Labute approximate surface area is 139 Å². The number of rotatable bonds is 4. The van der Waals surface area contributed by atoms with Gasteiger partial charge < -0.3 is 0 Å². The quantitative estimate of drug-likeness (QED) is 0.604. The molecule has 0 aromatic heterocycles. The third-order valence-electron chi connectivity index (χ3n) is 3.34. The van der Waals surface area contributed by atoms with Gasteiger partial charge >= 0.3 is 139 Å². The van der Waals surface area contributed by atoms with Crippen molar-refractivity contribution < 1.29 is 23.7 Å². The third-order valence-corrected chi connectivity index (χ3v) is 6.42. The van der Waals surface area contributed by atoms with Crippen LogP contribution in [0.2, 0.25) is 0 Å². The molecule has 1 heterocycles. The molecular weight excluding hydrogens is 400 g/mol. The Balaban J connectivity index is 2.05. The van der Waals surface area contributed by atoms with Crippen LogP contribution in [0.4, 0.5) is 0 Å². The van der Waals surface area contributed by atoms with Gasteiger partial charge in [0, 0.05) is 0 Å². The van der Waals surface area contributed by atoms with Crippen molar-refractivity contribution in [2.75, 3.05) is 28.4 Å². The average molecular weight is 416 g/mol. The summed E-state index contributed by atoms with van der Waals surface area (Å²) in [7, 11) is 6.50. The number of fused-ring (bicyclic) bond motifs is 2. The molecule has 6 heteroatoms. The number of methoxy groups -OCH3 is 4. The Morgan fingerprint density at radius 1 is 0.636 bits per heavy atom. The van der Waals surface area contributed by atoms with Gasteiger partial charge in [0.05, 0.1) is 0 Å². The van der Waals surface area contributed by atoms with E-state index in [4.69, 9.17) is 23.7 Å². The summed E-state index contributed by atoms with van der Waals surface area (Å²) in [5.74, 6) is 4.41. The van der Waals surface area contributed by atoms with Gasteiger partial charge in [-0.05, 0) is 0 Å². The van der Waals surface area contributed by atoms with E-state index < -0.39 is 20.9 Å². The van der Waals surface area contributed by atoms with Gasteiger partial charge in [-0.1, -0.05) is 0 Å². The van der Waals surface area contributed by atoms with E-state index in [9.17, 15) is 0 Å². The fourth-order valence-electron chi connectivity index (χ4n) is 2.24. The van der Waals surface area contributed by atoms with Crippen LogP contribution < -0.4 is 30.9 Å². The Morgan fingerprint density at radius 2 is 1.00 bits per heavy atom. The summed E-state index contributed by atoms with van der Waals surface area (Å²) in [5.41, 5.74) is 0. The molecule has 0 saturated heterocycles. The van der Waals surface area contributed by atoms with E-state index in [0.29, 0.717) is 11.5 Å². The molecule has 1 aliphatic rings. The molecule has 22 heavy (non-hydrogen) atoms. The molecule has 0 amide bonds. The molecule has 0 saturated carbocycles. The topological polar surface area (TPSA) is 46.2 Å². The normalized spacial score (nSPS) is 11.8. The molecule has 0 aliphatic carbocycles. The van der Waals surface area contributed by atoms with Crippen molar-refractivity contribution in [3.8, 4) is 34.5 Å². The van der Waals surface area contributed by atoms with E-state index in [1.807, 2.05) is 24.3 Å². The van der Waals surface area contributed by atoms with Crippen molar-refractivity contribution in [2.24, 2.45) is 0 Å². The molecule has 0 fully saturated rings. The van der Waals surface area contributed by atoms with Crippen LogP contribution in [0.15, 0.2) is 24.3 Å². The first kappa shape index (κ1) is 15.1. The molecule has 0 bridgehead atoms. The van der Waals surface area contributed by atoms with Crippen molar-refractivity contribution in [2.45, 2.75) is 0 Å². The average Bonchev–Trinajstić information content (AvgIpc) is 2.57. The second-order valence-electron chi connectivity index (χ2n) is 4.51. The van der Waals surface area contributed by atoms with Crippen LogP contribution in [0.3, 0.4) is 0 Å². The van der Waals surface area contributed by atoms with Gasteiger partial charge in [-0.15, -0.1) is 0 Å². The van der Waals surface area contributed by atoms with Crippen LogP contribution >= 0.6 is 0 Å². The number of ether oxygens (including phenoxy) is 5. The first-order chi connectivity index (χ1) is 10.7. The summed E-state index contributed by atoms with van der Waals surface area (Å²) in [6.45, 7) is 0. The number of hydrogen-bond acceptors (Lipinski definition) is 5. The number of hydrogen-bond donors (Lipinski definition) is 0. The predicted molar refractivity (Wildman–Crippen MR) is 84.2 cm³/mol. The summed E-state index contributed by atoms with van der Waals surface area (Å²) in [5, 5.41) is 0. The van der Waals surface area contributed by atoms with Crippen LogP contribution in [0.25, 0.3) is 0 Å². The van der Waals surface area contributed by atoms with Gasteiger partial charge in [0.15, 0.2) is 0 Å². The van der Waals surface area contributed by atoms with Crippen molar-refractivity contribution in [1.82, 2.24) is 0 Å². The van der Waals surface area contributed by atoms with Gasteiger partial charge in [0.1, 0.15) is 0 Å². The van der Waals surface area contributed by atoms with E-state index in [2.05, 4.69) is 0 Å². The molecule has 0 radical (unpaired) electrons. The molecular formula is C16H16O5Te. The maximum absolute atomic E-state index is 6.02. The molecule has 5 nitrogen and oxygen atoms in total. The summed E-state index contributed by atoms with van der Waals surface area (Å²) >= 11 is -0.608. The second kappa shape index (κ2) is 6.15. The SMILES string of the molecule is COc1cc2c(cc1OC)[Te]c1cc(OC)c(OC)cc1O2. The fourth-order valence-corrected chi connectivity index (χ4v) is 5.01. The van der Waals surface area contributed by atoms with Crippen molar-refractivity contribution in [3.05, 3.63) is 24.3 Å². The van der Waals surface area contributed by atoms with Crippen LogP contribution in [0, 0.1) is 0 Å². The zero-order valence-corrected chi connectivity index (χ0v) is 15.1. The summed E-state index contributed by atoms with van der Waals surface area (Å²) in [4.78, 5) is 0. The van der Waals surface area contributed by atoms with E-state index in [1.54, 1.807) is 28.4 Å². The standard InChI is InChI=1S/C16H16O5Te/c1-17-9-5-13-15(7-11(9)19-3)22-16-8-12(20-4)10(18-2)6-14(16)21-13/h5-8H,1-4H3. The first-order valence-electron chi connectivity index (χ1n) is 6.58. The van der Waals surface area contributed by atoms with Crippen LogP contribution in [-0.2, 0) is 0 Å². The zero-order valence-electron chi connectivity index (χ0n) is 12.8. The van der Waals surface area contributed by atoms with Gasteiger partial charge in [0.25, 0.3) is 0 Å². The van der Waals surface area contributed by atoms with Crippen LogP contribution in [0.1, 0.15) is 0 Å². The maximum atomic E-state index is 6.02. The van der Waals surface area contributed by atoms with Crippen LogP contribution in [-0.4, -0.2) is 49.4 Å². The molecule has 2 aromatic rings. The Morgan fingerprint density at radius 3 is 1.36 bits per heavy atom. The Bertz CT molecular complexity index is 595. The Kier molecular flexibility index (Phi) is 4.23. The minimum atomic E-state index is -0.608. The number of benzene rings is 2. The summed E-state index contributed by atoms with van der Waals surface area (Å²) in [6.07, 6.45) is 0. The van der Waals surface area contributed by atoms with E-state index in [0.717, 1.165) is 23.0 Å². The molecule has 2 aromatic carbocycles. The molecule has 0 spiro atoms. The molecule has 3 rings (SSSR count). The van der Waals surface area contributed by atoms with Gasteiger partial charge in [-0.2, -0.15) is 0 Å². The second-order valence-corrected chi connectivity index (χ2v) is 7.61. The van der Waals surface area contributed by atoms with Gasteiger partial charge in [-0.25, -0.2) is 0 Å². The molecule has 116 valence electrons. The van der Waals surface area contributed by atoms with Crippen molar-refractivity contribution in [3.63, 3.8) is 0 Å². The zero-order chi connectivity index (χ0) is 15.7. The van der Waals surface area contributed by atoms with Gasteiger partial charge in [0.2, 0.25) is 0 Å². The van der Waals surface area contributed by atoms with E-state index in [-0.39, 0.29) is 0 Å². The van der Waals surface area contributed by atoms with Crippen molar-refractivity contribution in [1.29, 1.82) is 0 Å². The monoisotopic (exact) mass is 418 g/mol.